The molecule has 3 aliphatic rings. The zero-order valence-electron chi connectivity index (χ0n) is 19.5. The average molecular weight is 449 g/mol. The summed E-state index contributed by atoms with van der Waals surface area (Å²) in [5.74, 6) is 1.89. The molecule has 0 unspecified atom stereocenters. The number of nitrogens with zero attached hydrogens (tertiary/aromatic N) is 2. The van der Waals surface area contributed by atoms with Gasteiger partial charge in [-0.05, 0) is 55.9 Å². The van der Waals surface area contributed by atoms with Crippen LogP contribution in [0.3, 0.4) is 0 Å². The van der Waals surface area contributed by atoms with Crippen LogP contribution in [-0.4, -0.2) is 43.6 Å². The van der Waals surface area contributed by atoms with E-state index in [2.05, 4.69) is 44.8 Å². The fraction of sp³-hybridized carbons (Fsp3) is 0.556. The summed E-state index contributed by atoms with van der Waals surface area (Å²) in [4.78, 5) is 20.0. The second-order valence-electron chi connectivity index (χ2n) is 9.76. The van der Waals surface area contributed by atoms with Gasteiger partial charge in [0.1, 0.15) is 5.82 Å². The lowest BCUT2D eigenvalue weighted by Gasteiger charge is -2.29. The first-order valence-corrected chi connectivity index (χ1v) is 12.7. The van der Waals surface area contributed by atoms with Gasteiger partial charge in [0, 0.05) is 49.2 Å². The van der Waals surface area contributed by atoms with Crippen LogP contribution in [0.4, 0.5) is 22.9 Å². The number of carbonyl (C=O) groups excluding carboxylic acids is 1. The molecule has 2 saturated carbocycles. The zero-order valence-corrected chi connectivity index (χ0v) is 19.5. The normalized spacial score (nSPS) is 19.7. The summed E-state index contributed by atoms with van der Waals surface area (Å²) in [6.07, 6.45) is 11.5. The van der Waals surface area contributed by atoms with Crippen molar-refractivity contribution in [1.29, 1.82) is 0 Å². The summed E-state index contributed by atoms with van der Waals surface area (Å²) >= 11 is 0. The van der Waals surface area contributed by atoms with Crippen LogP contribution in [0.1, 0.15) is 61.7 Å². The Hall–Kier alpha value is -2.60. The summed E-state index contributed by atoms with van der Waals surface area (Å²) in [7, 11) is 0. The van der Waals surface area contributed by atoms with E-state index in [-0.39, 0.29) is 11.7 Å². The molecule has 5 rings (SSSR count). The summed E-state index contributed by atoms with van der Waals surface area (Å²) in [5.41, 5.74) is 3.90. The molecule has 0 amide bonds. The predicted molar refractivity (Wildman–Crippen MR) is 134 cm³/mol. The van der Waals surface area contributed by atoms with Crippen LogP contribution in [0.15, 0.2) is 36.5 Å². The second kappa shape index (κ2) is 10.6. The maximum atomic E-state index is 13.0. The summed E-state index contributed by atoms with van der Waals surface area (Å²) in [6.45, 7) is 4.36. The minimum Gasteiger partial charge on any atom is -0.384 e. The fourth-order valence-electron chi connectivity index (χ4n) is 5.13. The molecule has 0 radical (unpaired) electrons. The number of Topliss-reactive ketones (excluding diaryl/α,β-unsaturated/α-hetero) is 1. The van der Waals surface area contributed by atoms with Gasteiger partial charge in [0.15, 0.2) is 5.78 Å². The Morgan fingerprint density at radius 2 is 1.76 bits per heavy atom. The van der Waals surface area contributed by atoms with Crippen molar-refractivity contribution in [3.05, 3.63) is 42.1 Å². The van der Waals surface area contributed by atoms with Crippen LogP contribution < -0.4 is 15.5 Å². The van der Waals surface area contributed by atoms with E-state index in [9.17, 15) is 4.79 Å². The first kappa shape index (κ1) is 22.2. The molecule has 2 heterocycles. The van der Waals surface area contributed by atoms with Gasteiger partial charge in [-0.15, -0.1) is 0 Å². The minimum absolute atomic E-state index is 0.175. The van der Waals surface area contributed by atoms with Gasteiger partial charge in [-0.25, -0.2) is 4.98 Å². The van der Waals surface area contributed by atoms with Gasteiger partial charge in [-0.2, -0.15) is 0 Å². The number of hydrogen-bond donors (Lipinski definition) is 2. The van der Waals surface area contributed by atoms with Gasteiger partial charge >= 0.3 is 0 Å². The van der Waals surface area contributed by atoms with Crippen LogP contribution in [0.2, 0.25) is 0 Å². The van der Waals surface area contributed by atoms with E-state index in [4.69, 9.17) is 4.74 Å². The lowest BCUT2D eigenvalue weighted by molar-refractivity contribution is 0.0855. The third-order valence-corrected chi connectivity index (χ3v) is 7.47. The Labute approximate surface area is 197 Å². The van der Waals surface area contributed by atoms with Gasteiger partial charge < -0.3 is 20.3 Å². The van der Waals surface area contributed by atoms with E-state index in [0.29, 0.717) is 5.92 Å². The van der Waals surface area contributed by atoms with Crippen molar-refractivity contribution in [3.63, 3.8) is 0 Å². The SMILES string of the molecule is O=C(c1cnc(Nc2ccc(N3CCOCC3)cc2)cc1NCC1CCCCC1)C1CCC1. The third-order valence-electron chi connectivity index (χ3n) is 7.47. The summed E-state index contributed by atoms with van der Waals surface area (Å²) < 4.78 is 5.45. The highest BCUT2D eigenvalue weighted by Crippen LogP contribution is 2.33. The number of hydrogen-bond acceptors (Lipinski definition) is 6. The van der Waals surface area contributed by atoms with E-state index in [0.717, 1.165) is 74.9 Å². The molecule has 3 fully saturated rings. The monoisotopic (exact) mass is 448 g/mol. The van der Waals surface area contributed by atoms with Crippen molar-refractivity contribution in [3.8, 4) is 0 Å². The van der Waals surface area contributed by atoms with Crippen molar-refractivity contribution in [2.45, 2.75) is 51.4 Å². The number of morpholine rings is 1. The van der Waals surface area contributed by atoms with Gasteiger partial charge in [0.2, 0.25) is 0 Å². The molecule has 6 nitrogen and oxygen atoms in total. The van der Waals surface area contributed by atoms with Crippen molar-refractivity contribution in [2.75, 3.05) is 48.4 Å². The number of anilines is 4. The number of benzene rings is 1. The molecule has 0 atom stereocenters. The molecule has 176 valence electrons. The van der Waals surface area contributed by atoms with E-state index >= 15 is 0 Å². The molecule has 0 spiro atoms. The Morgan fingerprint density at radius 3 is 2.45 bits per heavy atom. The van der Waals surface area contributed by atoms with Crippen molar-refractivity contribution < 1.29 is 9.53 Å². The first-order valence-electron chi connectivity index (χ1n) is 12.7. The van der Waals surface area contributed by atoms with Gasteiger partial charge in [0.25, 0.3) is 0 Å². The van der Waals surface area contributed by atoms with Crippen LogP contribution >= 0.6 is 0 Å². The number of nitrogens with one attached hydrogen (secondary N) is 2. The maximum Gasteiger partial charge on any atom is 0.169 e. The smallest absolute Gasteiger partial charge is 0.169 e. The Kier molecular flexibility index (Phi) is 7.10. The van der Waals surface area contributed by atoms with Gasteiger partial charge in [-0.1, -0.05) is 25.7 Å². The summed E-state index contributed by atoms with van der Waals surface area (Å²) in [6, 6.07) is 10.5. The van der Waals surface area contributed by atoms with Crippen LogP contribution in [-0.2, 0) is 4.74 Å². The highest BCUT2D eigenvalue weighted by molar-refractivity contribution is 6.03. The molecule has 2 aromatic rings. The highest BCUT2D eigenvalue weighted by atomic mass is 16.5. The Morgan fingerprint density at radius 1 is 1.00 bits per heavy atom. The largest absolute Gasteiger partial charge is 0.384 e. The number of carbonyl (C=O) groups is 1. The van der Waals surface area contributed by atoms with E-state index in [1.807, 2.05) is 6.07 Å². The molecular weight excluding hydrogens is 412 g/mol. The van der Waals surface area contributed by atoms with Crippen LogP contribution in [0.5, 0.6) is 0 Å². The highest BCUT2D eigenvalue weighted by Gasteiger charge is 2.28. The average Bonchev–Trinajstić information content (AvgIpc) is 2.83. The summed E-state index contributed by atoms with van der Waals surface area (Å²) in [5, 5.41) is 7.06. The van der Waals surface area contributed by atoms with Crippen LogP contribution in [0, 0.1) is 11.8 Å². The third kappa shape index (κ3) is 5.49. The standard InChI is InChI=1S/C27H36N4O2/c32-27(21-7-4-8-21)24-19-29-26(17-25(24)28-18-20-5-2-1-3-6-20)30-22-9-11-23(12-10-22)31-13-15-33-16-14-31/h9-12,17,19-21H,1-8,13-16,18H2,(H2,28,29,30). The molecule has 1 aromatic carbocycles. The number of ketones is 1. The van der Waals surface area contributed by atoms with Crippen molar-refractivity contribution >= 4 is 28.7 Å². The molecule has 2 aliphatic carbocycles. The Bertz CT molecular complexity index is 930. The molecule has 0 bridgehead atoms. The fourth-order valence-corrected chi connectivity index (χ4v) is 5.13. The lowest BCUT2D eigenvalue weighted by Crippen LogP contribution is -2.36. The molecule has 33 heavy (non-hydrogen) atoms. The molecule has 2 N–H and O–H groups in total. The lowest BCUT2D eigenvalue weighted by atomic mass is 9.80. The zero-order chi connectivity index (χ0) is 22.5. The second-order valence-corrected chi connectivity index (χ2v) is 9.76. The molecule has 1 aromatic heterocycles. The van der Waals surface area contributed by atoms with E-state index < -0.39 is 0 Å². The minimum atomic E-state index is 0.175. The Balaban J connectivity index is 1.29. The number of ether oxygens (including phenoxy) is 1. The van der Waals surface area contributed by atoms with Crippen molar-refractivity contribution in [2.24, 2.45) is 11.8 Å². The molecule has 1 aliphatic heterocycles. The molecular formula is C27H36N4O2. The van der Waals surface area contributed by atoms with Gasteiger partial charge in [0.05, 0.1) is 24.5 Å². The van der Waals surface area contributed by atoms with E-state index in [1.165, 1.54) is 37.8 Å². The molecule has 6 heteroatoms. The quantitative estimate of drug-likeness (QED) is 0.510. The topological polar surface area (TPSA) is 66.5 Å². The molecule has 1 saturated heterocycles. The van der Waals surface area contributed by atoms with Crippen molar-refractivity contribution in [1.82, 2.24) is 4.98 Å². The van der Waals surface area contributed by atoms with E-state index in [1.54, 1.807) is 6.20 Å². The number of rotatable bonds is 8. The van der Waals surface area contributed by atoms with Gasteiger partial charge in [-0.3, -0.25) is 4.79 Å². The number of aromatic nitrogens is 1. The number of pyridine rings is 1. The maximum absolute atomic E-state index is 13.0. The predicted octanol–water partition coefficient (Wildman–Crippen LogP) is 5.64. The van der Waals surface area contributed by atoms with Crippen LogP contribution in [0.25, 0.3) is 0 Å². The first-order chi connectivity index (χ1) is 16.3.